The average Bonchev–Trinajstić information content (AvgIpc) is 1.83. The van der Waals surface area contributed by atoms with E-state index in [4.69, 9.17) is 4.52 Å². The van der Waals surface area contributed by atoms with Gasteiger partial charge >= 0.3 is 83.5 Å². The van der Waals surface area contributed by atoms with Crippen LogP contribution in [0.1, 0.15) is 0 Å². The molecule has 3 nitrogen and oxygen atoms in total. The van der Waals surface area contributed by atoms with Crippen LogP contribution in [0.3, 0.4) is 0 Å². The van der Waals surface area contributed by atoms with Gasteiger partial charge in [0.1, 0.15) is 0 Å². The van der Waals surface area contributed by atoms with Gasteiger partial charge in [-0.1, -0.05) is 0 Å². The van der Waals surface area contributed by atoms with Crippen LogP contribution in [0, 0.1) is 0 Å². The van der Waals surface area contributed by atoms with Gasteiger partial charge in [-0.2, -0.15) is 0 Å². The van der Waals surface area contributed by atoms with Crippen LogP contribution in [0.15, 0.2) is 4.52 Å². The molecular formula is C8H25N3P2. The Bertz CT molecular complexity index is 215. The van der Waals surface area contributed by atoms with Crippen molar-refractivity contribution in [2.24, 2.45) is 4.52 Å². The molecule has 0 aliphatic rings. The Hall–Kier alpha value is 0.580. The van der Waals surface area contributed by atoms with Crippen molar-refractivity contribution in [3.05, 3.63) is 0 Å². The summed E-state index contributed by atoms with van der Waals surface area (Å²) in [4.78, 5) is 0. The third-order valence-electron chi connectivity index (χ3n) is 2.56. The van der Waals surface area contributed by atoms with Gasteiger partial charge in [-0.25, -0.2) is 0 Å². The van der Waals surface area contributed by atoms with Gasteiger partial charge in [0.15, 0.2) is 0 Å². The van der Waals surface area contributed by atoms with Crippen molar-refractivity contribution < 1.29 is 0 Å². The Labute approximate surface area is 84.1 Å². The summed E-state index contributed by atoms with van der Waals surface area (Å²) >= 11 is 0. The summed E-state index contributed by atoms with van der Waals surface area (Å²) in [5.74, 6) is 0. The quantitative estimate of drug-likeness (QED) is 0.686. The van der Waals surface area contributed by atoms with Gasteiger partial charge in [0.05, 0.1) is 0 Å². The molecule has 0 aromatic carbocycles. The van der Waals surface area contributed by atoms with Crippen LogP contribution >= 0.6 is 14.8 Å². The fourth-order valence-electron chi connectivity index (χ4n) is 0.778. The first-order valence-electron chi connectivity index (χ1n) is 4.53. The summed E-state index contributed by atoms with van der Waals surface area (Å²) in [6.45, 7) is 9.12. The second-order valence-electron chi connectivity index (χ2n) is 4.67. The number of hydrogen-bond donors (Lipinski definition) is 0. The van der Waals surface area contributed by atoms with Crippen LogP contribution in [-0.4, -0.2) is 64.2 Å². The van der Waals surface area contributed by atoms with Crippen LogP contribution in [0.2, 0.25) is 0 Å². The maximum atomic E-state index is 5.04. The Morgan fingerprint density at radius 2 is 1.38 bits per heavy atom. The Kier molecular flexibility index (Phi) is 4.60. The average molecular weight is 225 g/mol. The summed E-state index contributed by atoms with van der Waals surface area (Å²) in [5, 5.41) is 0. The van der Waals surface area contributed by atoms with Gasteiger partial charge in [0.2, 0.25) is 0 Å². The van der Waals surface area contributed by atoms with E-state index in [1.807, 2.05) is 0 Å². The minimum atomic E-state index is -1.51. The zero-order valence-electron chi connectivity index (χ0n) is 10.3. The van der Waals surface area contributed by atoms with Gasteiger partial charge in [0, 0.05) is 0 Å². The van der Waals surface area contributed by atoms with E-state index in [1.165, 1.54) is 0 Å². The van der Waals surface area contributed by atoms with Gasteiger partial charge in [-0.3, -0.25) is 0 Å². The molecule has 0 N–H and O–H groups in total. The van der Waals surface area contributed by atoms with Crippen LogP contribution in [0.25, 0.3) is 0 Å². The molecule has 13 heavy (non-hydrogen) atoms. The van der Waals surface area contributed by atoms with Crippen molar-refractivity contribution in [1.29, 1.82) is 0 Å². The Morgan fingerprint density at radius 1 is 1.00 bits per heavy atom. The Morgan fingerprint density at radius 3 is 1.62 bits per heavy atom. The minimum absolute atomic E-state index is 1.21. The summed E-state index contributed by atoms with van der Waals surface area (Å²) in [5.41, 5.74) is 0. The van der Waals surface area contributed by atoms with Gasteiger partial charge < -0.3 is 0 Å². The van der Waals surface area contributed by atoms with Crippen molar-refractivity contribution in [1.82, 2.24) is 9.34 Å². The fourth-order valence-corrected chi connectivity index (χ4v) is 7.00. The first kappa shape index (κ1) is 13.6. The van der Waals surface area contributed by atoms with E-state index in [1.54, 1.807) is 0 Å². The van der Waals surface area contributed by atoms with Crippen LogP contribution in [-0.2, 0) is 0 Å². The summed E-state index contributed by atoms with van der Waals surface area (Å²) in [7, 11) is 5.78. The van der Waals surface area contributed by atoms with Gasteiger partial charge in [-0.15, -0.1) is 0 Å². The fraction of sp³-hybridized carbons (Fsp3) is 1.00. The van der Waals surface area contributed by atoms with Crippen molar-refractivity contribution in [3.8, 4) is 0 Å². The molecule has 0 rings (SSSR count). The molecule has 0 bridgehead atoms. The van der Waals surface area contributed by atoms with Crippen molar-refractivity contribution >= 4 is 14.8 Å². The summed E-state index contributed by atoms with van der Waals surface area (Å²) in [6, 6.07) is 0. The molecule has 0 aromatic rings. The molecule has 0 radical (unpaired) electrons. The first-order valence-corrected chi connectivity index (χ1v) is 10.0. The van der Waals surface area contributed by atoms with E-state index in [2.05, 4.69) is 64.2 Å². The Balaban J connectivity index is 4.93. The molecule has 0 unspecified atom stereocenters. The molecule has 0 atom stereocenters. The molecule has 0 spiro atoms. The van der Waals surface area contributed by atoms with Crippen molar-refractivity contribution in [3.63, 3.8) is 0 Å². The van der Waals surface area contributed by atoms with Crippen molar-refractivity contribution in [2.75, 3.05) is 54.8 Å². The molecular weight excluding hydrogens is 200 g/mol. The van der Waals surface area contributed by atoms with Crippen LogP contribution in [0.5, 0.6) is 0 Å². The van der Waals surface area contributed by atoms with E-state index in [9.17, 15) is 0 Å². The number of nitrogens with zero attached hydrogens (tertiary/aromatic N) is 3. The maximum absolute atomic E-state index is 5.04. The monoisotopic (exact) mass is 225 g/mol. The SMILES string of the molecule is CN(C)P(C)(C)=N[PH](C)(C)N(C)C. The van der Waals surface area contributed by atoms with E-state index in [0.29, 0.717) is 0 Å². The third kappa shape index (κ3) is 4.08. The second kappa shape index (κ2) is 4.40. The van der Waals surface area contributed by atoms with E-state index in [0.717, 1.165) is 0 Å². The van der Waals surface area contributed by atoms with E-state index < -0.39 is 14.8 Å². The first-order chi connectivity index (χ1) is 5.59. The number of rotatable bonds is 3. The summed E-state index contributed by atoms with van der Waals surface area (Å²) in [6.07, 6.45) is 0. The zero-order chi connectivity index (χ0) is 10.9. The van der Waals surface area contributed by atoms with Crippen LogP contribution < -0.4 is 0 Å². The molecule has 0 aliphatic heterocycles. The normalized spacial score (nSPS) is 15.2. The van der Waals surface area contributed by atoms with Crippen molar-refractivity contribution in [2.45, 2.75) is 0 Å². The van der Waals surface area contributed by atoms with E-state index in [-0.39, 0.29) is 0 Å². The summed E-state index contributed by atoms with van der Waals surface area (Å²) < 4.78 is 9.60. The molecule has 0 fully saturated rings. The van der Waals surface area contributed by atoms with Gasteiger partial charge in [-0.05, 0) is 0 Å². The molecule has 0 amide bonds. The molecule has 0 saturated heterocycles. The second-order valence-corrected chi connectivity index (χ2v) is 12.8. The molecule has 0 aromatic heterocycles. The van der Waals surface area contributed by atoms with E-state index >= 15 is 0 Å². The third-order valence-corrected chi connectivity index (χ3v) is 10.6. The molecule has 0 heterocycles. The zero-order valence-corrected chi connectivity index (χ0v) is 12.2. The molecule has 82 valence electrons. The molecule has 0 saturated carbocycles. The van der Waals surface area contributed by atoms with Crippen LogP contribution in [0.4, 0.5) is 0 Å². The standard InChI is InChI=1S/C8H25N3P2/c1-10(2)12(5,6)9-13(7,8)11(3)4/h12H,1-8H3. The molecule has 0 aliphatic carbocycles. The number of hydrogen-bond acceptors (Lipinski definition) is 2. The molecule has 5 heteroatoms. The predicted molar refractivity (Wildman–Crippen MR) is 68.7 cm³/mol. The topological polar surface area (TPSA) is 18.8 Å². The predicted octanol–water partition coefficient (Wildman–Crippen LogP) is 2.32. The van der Waals surface area contributed by atoms with Gasteiger partial charge in [0.25, 0.3) is 0 Å².